The first-order chi connectivity index (χ1) is 8.24. The molecule has 0 spiro atoms. The highest BCUT2D eigenvalue weighted by atomic mass is 16.7. The lowest BCUT2D eigenvalue weighted by molar-refractivity contribution is -0.0426. The van der Waals surface area contributed by atoms with E-state index in [9.17, 15) is 0 Å². The predicted molar refractivity (Wildman–Crippen MR) is 66.9 cm³/mol. The Morgan fingerprint density at radius 1 is 1.41 bits per heavy atom. The molecule has 0 N–H and O–H groups in total. The van der Waals surface area contributed by atoms with Crippen molar-refractivity contribution in [1.82, 2.24) is 0 Å². The fraction of sp³-hybridized carbons (Fsp3) is 0.429. The molecule has 1 aromatic rings. The smallest absolute Gasteiger partial charge is 0.155 e. The average molecular weight is 234 g/mol. The molecule has 1 aliphatic rings. The number of hydrogen-bond donors (Lipinski definition) is 0. The van der Waals surface area contributed by atoms with Crippen LogP contribution in [0, 0.1) is 0 Å². The number of allylic oxidation sites excluding steroid dienone is 1. The van der Waals surface area contributed by atoms with Crippen molar-refractivity contribution >= 4 is 6.08 Å². The number of ether oxygens (including phenoxy) is 3. The number of hydrogen-bond acceptors (Lipinski definition) is 3. The third-order valence-corrected chi connectivity index (χ3v) is 2.81. The van der Waals surface area contributed by atoms with Gasteiger partial charge in [-0.3, -0.25) is 0 Å². The van der Waals surface area contributed by atoms with Crippen LogP contribution in [0.5, 0.6) is 5.75 Å². The molecule has 92 valence electrons. The predicted octanol–water partition coefficient (Wildman–Crippen LogP) is 3.16. The summed E-state index contributed by atoms with van der Waals surface area (Å²) < 4.78 is 16.4. The summed E-state index contributed by atoms with van der Waals surface area (Å²) in [5, 5.41) is 0. The highest BCUT2D eigenvalue weighted by Gasteiger charge is 2.24. The molecule has 1 heterocycles. The van der Waals surface area contributed by atoms with Crippen LogP contribution in [-0.2, 0) is 9.47 Å². The Hall–Kier alpha value is -1.32. The lowest BCUT2D eigenvalue weighted by Gasteiger charge is -2.12. The molecule has 1 saturated heterocycles. The topological polar surface area (TPSA) is 27.7 Å². The maximum Gasteiger partial charge on any atom is 0.155 e. The van der Waals surface area contributed by atoms with Crippen molar-refractivity contribution in [3.63, 3.8) is 0 Å². The van der Waals surface area contributed by atoms with E-state index < -0.39 is 0 Å². The van der Waals surface area contributed by atoms with Gasteiger partial charge in [0.25, 0.3) is 0 Å². The Kier molecular flexibility index (Phi) is 3.82. The van der Waals surface area contributed by atoms with Gasteiger partial charge in [-0.2, -0.15) is 0 Å². The first-order valence-corrected chi connectivity index (χ1v) is 5.82. The molecule has 17 heavy (non-hydrogen) atoms. The van der Waals surface area contributed by atoms with Crippen LogP contribution in [0.4, 0.5) is 0 Å². The van der Waals surface area contributed by atoms with Gasteiger partial charge in [-0.15, -0.1) is 0 Å². The van der Waals surface area contributed by atoms with Gasteiger partial charge in [-0.05, 0) is 31.5 Å². The lowest BCUT2D eigenvalue weighted by atomic mass is 10.1. The molecule has 2 unspecified atom stereocenters. The normalized spacial score (nSPS) is 24.4. The molecule has 0 amide bonds. The van der Waals surface area contributed by atoms with Crippen molar-refractivity contribution in [2.45, 2.75) is 26.2 Å². The molecule has 0 saturated carbocycles. The van der Waals surface area contributed by atoms with Gasteiger partial charge >= 0.3 is 0 Å². The molecule has 0 radical (unpaired) electrons. The molecule has 2 rings (SSSR count). The summed E-state index contributed by atoms with van der Waals surface area (Å²) in [6.45, 7) is 4.52. The molecular weight excluding hydrogens is 216 g/mol. The standard InChI is InChI=1S/C14H18O3/c1-4-5-11-8-12(6-7-13(11)15-3)14-9-16-10(2)17-14/h4-8,10,14H,9H2,1-3H3. The summed E-state index contributed by atoms with van der Waals surface area (Å²) >= 11 is 0. The molecular formula is C14H18O3. The summed E-state index contributed by atoms with van der Waals surface area (Å²) in [6, 6.07) is 6.08. The molecule has 0 aromatic heterocycles. The first-order valence-electron chi connectivity index (χ1n) is 5.82. The molecule has 2 atom stereocenters. The summed E-state index contributed by atoms with van der Waals surface area (Å²) in [6.07, 6.45) is 3.94. The monoisotopic (exact) mass is 234 g/mol. The van der Waals surface area contributed by atoms with Crippen LogP contribution in [0.3, 0.4) is 0 Å². The second-order valence-electron chi connectivity index (χ2n) is 4.03. The van der Waals surface area contributed by atoms with E-state index in [1.807, 2.05) is 38.1 Å². The largest absolute Gasteiger partial charge is 0.496 e. The van der Waals surface area contributed by atoms with Crippen LogP contribution in [-0.4, -0.2) is 20.0 Å². The molecule has 3 heteroatoms. The summed E-state index contributed by atoms with van der Waals surface area (Å²) in [5.74, 6) is 0.874. The summed E-state index contributed by atoms with van der Waals surface area (Å²) in [5.41, 5.74) is 2.19. The molecule has 1 fully saturated rings. The Labute approximate surface area is 102 Å². The maximum atomic E-state index is 5.67. The summed E-state index contributed by atoms with van der Waals surface area (Å²) in [4.78, 5) is 0. The third-order valence-electron chi connectivity index (χ3n) is 2.81. The zero-order valence-electron chi connectivity index (χ0n) is 10.5. The van der Waals surface area contributed by atoms with Crippen molar-refractivity contribution in [3.8, 4) is 5.75 Å². The lowest BCUT2D eigenvalue weighted by Crippen LogP contribution is -2.02. The van der Waals surface area contributed by atoms with Gasteiger partial charge < -0.3 is 14.2 Å². The zero-order valence-corrected chi connectivity index (χ0v) is 10.5. The average Bonchev–Trinajstić information content (AvgIpc) is 2.76. The third kappa shape index (κ3) is 2.68. The van der Waals surface area contributed by atoms with E-state index in [4.69, 9.17) is 14.2 Å². The Morgan fingerprint density at radius 3 is 2.82 bits per heavy atom. The number of benzene rings is 1. The highest BCUT2D eigenvalue weighted by molar-refractivity contribution is 5.58. The van der Waals surface area contributed by atoms with Gasteiger partial charge in [0, 0.05) is 5.56 Å². The van der Waals surface area contributed by atoms with Gasteiger partial charge in [0.05, 0.1) is 13.7 Å². The van der Waals surface area contributed by atoms with E-state index in [0.29, 0.717) is 6.61 Å². The molecule has 0 aliphatic carbocycles. The van der Waals surface area contributed by atoms with Crippen molar-refractivity contribution in [2.24, 2.45) is 0 Å². The second-order valence-corrected chi connectivity index (χ2v) is 4.03. The van der Waals surface area contributed by atoms with E-state index in [1.54, 1.807) is 7.11 Å². The van der Waals surface area contributed by atoms with Gasteiger partial charge in [-0.25, -0.2) is 0 Å². The fourth-order valence-corrected chi connectivity index (χ4v) is 1.97. The van der Waals surface area contributed by atoms with Crippen molar-refractivity contribution in [3.05, 3.63) is 35.4 Å². The summed E-state index contributed by atoms with van der Waals surface area (Å²) in [7, 11) is 1.68. The minimum absolute atomic E-state index is 0.0277. The Bertz CT molecular complexity index is 412. The molecule has 1 aromatic carbocycles. The van der Waals surface area contributed by atoms with Gasteiger partial charge in [-0.1, -0.05) is 18.2 Å². The van der Waals surface area contributed by atoms with Crippen LogP contribution < -0.4 is 4.74 Å². The van der Waals surface area contributed by atoms with E-state index >= 15 is 0 Å². The van der Waals surface area contributed by atoms with Crippen LogP contribution >= 0.6 is 0 Å². The van der Waals surface area contributed by atoms with Crippen molar-refractivity contribution in [2.75, 3.05) is 13.7 Å². The fourth-order valence-electron chi connectivity index (χ4n) is 1.97. The quantitative estimate of drug-likeness (QED) is 0.804. The van der Waals surface area contributed by atoms with Gasteiger partial charge in [0.2, 0.25) is 0 Å². The SMILES string of the molecule is CC=Cc1cc(C2COC(C)O2)ccc1OC. The Morgan fingerprint density at radius 2 is 2.24 bits per heavy atom. The van der Waals surface area contributed by atoms with Crippen LogP contribution in [0.25, 0.3) is 6.08 Å². The van der Waals surface area contributed by atoms with Crippen molar-refractivity contribution in [1.29, 1.82) is 0 Å². The van der Waals surface area contributed by atoms with E-state index in [0.717, 1.165) is 16.9 Å². The Balaban J connectivity index is 2.27. The molecule has 1 aliphatic heterocycles. The second kappa shape index (κ2) is 5.34. The van der Waals surface area contributed by atoms with Crippen LogP contribution in [0.15, 0.2) is 24.3 Å². The van der Waals surface area contributed by atoms with Gasteiger partial charge in [0.15, 0.2) is 6.29 Å². The molecule has 3 nitrogen and oxygen atoms in total. The van der Waals surface area contributed by atoms with E-state index in [1.165, 1.54) is 0 Å². The minimum Gasteiger partial charge on any atom is -0.496 e. The number of methoxy groups -OCH3 is 1. The van der Waals surface area contributed by atoms with E-state index in [-0.39, 0.29) is 12.4 Å². The highest BCUT2D eigenvalue weighted by Crippen LogP contribution is 2.30. The van der Waals surface area contributed by atoms with Crippen molar-refractivity contribution < 1.29 is 14.2 Å². The maximum absolute atomic E-state index is 5.67. The first kappa shape index (κ1) is 12.1. The molecule has 0 bridgehead atoms. The minimum atomic E-state index is -0.118. The van der Waals surface area contributed by atoms with Crippen LogP contribution in [0.2, 0.25) is 0 Å². The van der Waals surface area contributed by atoms with Gasteiger partial charge in [0.1, 0.15) is 11.9 Å². The van der Waals surface area contributed by atoms with Crippen LogP contribution in [0.1, 0.15) is 31.1 Å². The van der Waals surface area contributed by atoms with E-state index in [2.05, 4.69) is 6.07 Å². The zero-order chi connectivity index (χ0) is 12.3. The number of rotatable bonds is 3.